The second-order valence-electron chi connectivity index (χ2n) is 4.64. The Morgan fingerprint density at radius 2 is 2.00 bits per heavy atom. The highest BCUT2D eigenvalue weighted by atomic mass is 16.5. The molecule has 0 saturated carbocycles. The number of carboxylic acids is 1. The van der Waals surface area contributed by atoms with Crippen LogP contribution in [0.15, 0.2) is 0 Å². The van der Waals surface area contributed by atoms with Crippen LogP contribution >= 0.6 is 0 Å². The zero-order chi connectivity index (χ0) is 14.4. The number of carbonyl (C=O) groups is 3. The predicted molar refractivity (Wildman–Crippen MR) is 65.5 cm³/mol. The van der Waals surface area contributed by atoms with Gasteiger partial charge in [-0.2, -0.15) is 0 Å². The van der Waals surface area contributed by atoms with E-state index in [9.17, 15) is 14.4 Å². The molecule has 0 aromatic heterocycles. The largest absolute Gasteiger partial charge is 0.481 e. The van der Waals surface area contributed by atoms with Crippen molar-refractivity contribution in [3.8, 4) is 0 Å². The zero-order valence-electron chi connectivity index (χ0n) is 10.9. The minimum atomic E-state index is -1.01. The maximum Gasteiger partial charge on any atom is 0.315 e. The molecule has 1 aliphatic heterocycles. The molecule has 1 aliphatic rings. The fraction of sp³-hybridized carbons (Fsp3) is 0.727. The number of urea groups is 1. The van der Waals surface area contributed by atoms with Crippen LogP contribution < -0.4 is 16.0 Å². The standard InChI is InChI=1S/C11H19N3O5/c1-6(2)13-9(15)3-12-11(18)14-8-5-19-4-7(8)10(16)17/h6-8H,3-5H2,1-2H3,(H,13,15)(H,16,17)(H2,12,14,18). The fourth-order valence-electron chi connectivity index (χ4n) is 1.69. The molecule has 1 heterocycles. The fourth-order valence-corrected chi connectivity index (χ4v) is 1.69. The van der Waals surface area contributed by atoms with Crippen LogP contribution in [0.1, 0.15) is 13.8 Å². The molecule has 4 N–H and O–H groups in total. The molecule has 0 spiro atoms. The van der Waals surface area contributed by atoms with Crippen molar-refractivity contribution >= 4 is 17.9 Å². The average Bonchev–Trinajstić information content (AvgIpc) is 2.73. The van der Waals surface area contributed by atoms with Crippen molar-refractivity contribution in [3.05, 3.63) is 0 Å². The highest BCUT2D eigenvalue weighted by Crippen LogP contribution is 2.13. The maximum absolute atomic E-state index is 11.5. The number of nitrogens with one attached hydrogen (secondary N) is 3. The van der Waals surface area contributed by atoms with Crippen molar-refractivity contribution in [2.45, 2.75) is 25.9 Å². The van der Waals surface area contributed by atoms with Crippen LogP contribution in [0.25, 0.3) is 0 Å². The molecule has 2 atom stereocenters. The molecule has 0 bridgehead atoms. The molecular formula is C11H19N3O5. The van der Waals surface area contributed by atoms with Crippen molar-refractivity contribution in [2.24, 2.45) is 5.92 Å². The first kappa shape index (κ1) is 15.2. The Morgan fingerprint density at radius 1 is 1.32 bits per heavy atom. The van der Waals surface area contributed by atoms with Gasteiger partial charge in [0.15, 0.2) is 0 Å². The van der Waals surface area contributed by atoms with Crippen molar-refractivity contribution in [1.29, 1.82) is 0 Å². The number of hydrogen-bond donors (Lipinski definition) is 4. The monoisotopic (exact) mass is 273 g/mol. The summed E-state index contributed by atoms with van der Waals surface area (Å²) in [5.41, 5.74) is 0. The van der Waals surface area contributed by atoms with E-state index < -0.39 is 24.0 Å². The van der Waals surface area contributed by atoms with Crippen molar-refractivity contribution in [2.75, 3.05) is 19.8 Å². The summed E-state index contributed by atoms with van der Waals surface area (Å²) in [6.07, 6.45) is 0. The quantitative estimate of drug-likeness (QED) is 0.508. The first-order chi connectivity index (χ1) is 8.90. The third-order valence-corrected chi connectivity index (χ3v) is 2.57. The second-order valence-corrected chi connectivity index (χ2v) is 4.64. The Balaban J connectivity index is 2.31. The summed E-state index contributed by atoms with van der Waals surface area (Å²) in [6.45, 7) is 3.70. The summed E-state index contributed by atoms with van der Waals surface area (Å²) in [7, 11) is 0. The van der Waals surface area contributed by atoms with Crippen molar-refractivity contribution in [1.82, 2.24) is 16.0 Å². The molecule has 1 fully saturated rings. The van der Waals surface area contributed by atoms with Gasteiger partial charge in [-0.05, 0) is 13.8 Å². The Labute approximate surface area is 110 Å². The molecular weight excluding hydrogens is 254 g/mol. The molecule has 0 aromatic rings. The minimum absolute atomic E-state index is 0.00279. The topological polar surface area (TPSA) is 117 Å². The van der Waals surface area contributed by atoms with E-state index in [1.807, 2.05) is 13.8 Å². The molecule has 8 nitrogen and oxygen atoms in total. The molecule has 1 rings (SSSR count). The van der Waals surface area contributed by atoms with Crippen LogP contribution in [0.4, 0.5) is 4.79 Å². The number of amides is 3. The third kappa shape index (κ3) is 5.12. The maximum atomic E-state index is 11.5. The summed E-state index contributed by atoms with van der Waals surface area (Å²) in [5, 5.41) is 16.4. The van der Waals surface area contributed by atoms with Crippen molar-refractivity contribution < 1.29 is 24.2 Å². The summed E-state index contributed by atoms with van der Waals surface area (Å²) < 4.78 is 5.01. The van der Waals surface area contributed by atoms with Gasteiger partial charge in [0.05, 0.1) is 25.8 Å². The molecule has 2 unspecified atom stereocenters. The van der Waals surface area contributed by atoms with E-state index in [0.29, 0.717) is 0 Å². The van der Waals surface area contributed by atoms with E-state index >= 15 is 0 Å². The van der Waals surface area contributed by atoms with Crippen LogP contribution in [0, 0.1) is 5.92 Å². The Kier molecular flexibility index (Phi) is 5.56. The summed E-state index contributed by atoms with van der Waals surface area (Å²) in [5.74, 6) is -2.07. The van der Waals surface area contributed by atoms with Gasteiger partial charge < -0.3 is 25.8 Å². The molecule has 0 radical (unpaired) electrons. The second kappa shape index (κ2) is 6.93. The highest BCUT2D eigenvalue weighted by molar-refractivity contribution is 5.84. The van der Waals surface area contributed by atoms with Gasteiger partial charge in [-0.25, -0.2) is 4.79 Å². The Morgan fingerprint density at radius 3 is 2.58 bits per heavy atom. The number of ether oxygens (including phenoxy) is 1. The number of aliphatic carboxylic acids is 1. The van der Waals surface area contributed by atoms with Crippen LogP contribution in [-0.2, 0) is 14.3 Å². The normalized spacial score (nSPS) is 22.1. The van der Waals surface area contributed by atoms with Gasteiger partial charge in [-0.15, -0.1) is 0 Å². The minimum Gasteiger partial charge on any atom is -0.481 e. The molecule has 8 heteroatoms. The molecule has 3 amide bonds. The van der Waals surface area contributed by atoms with Gasteiger partial charge in [0.2, 0.25) is 5.91 Å². The lowest BCUT2D eigenvalue weighted by molar-refractivity contribution is -0.142. The van der Waals surface area contributed by atoms with Crippen LogP contribution in [0.5, 0.6) is 0 Å². The van der Waals surface area contributed by atoms with Gasteiger partial charge in [0, 0.05) is 6.04 Å². The summed E-state index contributed by atoms with van der Waals surface area (Å²) in [4.78, 5) is 33.7. The molecule has 0 aliphatic carbocycles. The lowest BCUT2D eigenvalue weighted by Crippen LogP contribution is -2.49. The molecule has 0 aromatic carbocycles. The van der Waals surface area contributed by atoms with Crippen LogP contribution in [0.3, 0.4) is 0 Å². The summed E-state index contributed by atoms with van der Waals surface area (Å²) >= 11 is 0. The van der Waals surface area contributed by atoms with Gasteiger partial charge in [0.1, 0.15) is 5.92 Å². The van der Waals surface area contributed by atoms with Crippen molar-refractivity contribution in [3.63, 3.8) is 0 Å². The van der Waals surface area contributed by atoms with Crippen LogP contribution in [0.2, 0.25) is 0 Å². The Bertz CT molecular complexity index is 358. The molecule has 19 heavy (non-hydrogen) atoms. The lowest BCUT2D eigenvalue weighted by Gasteiger charge is -2.16. The predicted octanol–water partition coefficient (Wildman–Crippen LogP) is -1.09. The number of hydrogen-bond acceptors (Lipinski definition) is 4. The smallest absolute Gasteiger partial charge is 0.315 e. The van der Waals surface area contributed by atoms with E-state index in [-0.39, 0.29) is 31.7 Å². The first-order valence-electron chi connectivity index (χ1n) is 6.04. The molecule has 108 valence electrons. The number of rotatable bonds is 5. The highest BCUT2D eigenvalue weighted by Gasteiger charge is 2.35. The Hall–Kier alpha value is -1.83. The zero-order valence-corrected chi connectivity index (χ0v) is 10.9. The van der Waals surface area contributed by atoms with E-state index in [0.717, 1.165) is 0 Å². The lowest BCUT2D eigenvalue weighted by atomic mass is 10.0. The van der Waals surface area contributed by atoms with Crippen LogP contribution in [-0.4, -0.2) is 54.9 Å². The van der Waals surface area contributed by atoms with Gasteiger partial charge in [-0.3, -0.25) is 9.59 Å². The third-order valence-electron chi connectivity index (χ3n) is 2.57. The average molecular weight is 273 g/mol. The van der Waals surface area contributed by atoms with E-state index in [2.05, 4.69) is 16.0 Å². The summed E-state index contributed by atoms with van der Waals surface area (Å²) in [6, 6.07) is -1.16. The van der Waals surface area contributed by atoms with E-state index in [1.54, 1.807) is 0 Å². The number of carbonyl (C=O) groups excluding carboxylic acids is 2. The molecule has 1 saturated heterocycles. The van der Waals surface area contributed by atoms with E-state index in [4.69, 9.17) is 9.84 Å². The van der Waals surface area contributed by atoms with Gasteiger partial charge >= 0.3 is 12.0 Å². The SMILES string of the molecule is CC(C)NC(=O)CNC(=O)NC1COCC1C(=O)O. The van der Waals surface area contributed by atoms with Gasteiger partial charge in [-0.1, -0.05) is 0 Å². The van der Waals surface area contributed by atoms with Gasteiger partial charge in [0.25, 0.3) is 0 Å². The first-order valence-corrected chi connectivity index (χ1v) is 6.04. The van der Waals surface area contributed by atoms with E-state index in [1.165, 1.54) is 0 Å². The number of carboxylic acid groups (broad SMARTS) is 1.